The number of aryl methyl sites for hydroxylation is 1. The predicted molar refractivity (Wildman–Crippen MR) is 93.7 cm³/mol. The molecule has 0 spiro atoms. The van der Waals surface area contributed by atoms with Gasteiger partial charge in [-0.25, -0.2) is 4.68 Å². The summed E-state index contributed by atoms with van der Waals surface area (Å²) in [5.41, 5.74) is 1.51. The summed E-state index contributed by atoms with van der Waals surface area (Å²) >= 11 is -1.40. The largest absolute Gasteiger partial charge is 0.591 e. The zero-order valence-electron chi connectivity index (χ0n) is 14.7. The van der Waals surface area contributed by atoms with Crippen molar-refractivity contribution in [3.63, 3.8) is 0 Å². The summed E-state index contributed by atoms with van der Waals surface area (Å²) in [6, 6.07) is 2.43. The molecule has 0 bridgehead atoms. The van der Waals surface area contributed by atoms with Crippen LogP contribution in [0.3, 0.4) is 0 Å². The molecule has 26 heavy (non-hydrogen) atoms. The number of hydrogen-bond acceptors (Lipinski definition) is 4. The first-order valence-corrected chi connectivity index (χ1v) is 9.28. The maximum atomic E-state index is 12.9. The van der Waals surface area contributed by atoms with Crippen molar-refractivity contribution in [2.24, 2.45) is 4.40 Å². The van der Waals surface area contributed by atoms with Crippen molar-refractivity contribution in [2.75, 3.05) is 0 Å². The number of nitrogens with zero attached hydrogens (tertiary/aromatic N) is 4. The van der Waals surface area contributed by atoms with E-state index in [1.165, 1.54) is 10.7 Å². The third-order valence-corrected chi connectivity index (χ3v) is 5.38. The van der Waals surface area contributed by atoms with Crippen molar-refractivity contribution in [3.8, 4) is 5.69 Å². The van der Waals surface area contributed by atoms with E-state index < -0.39 is 28.0 Å². The van der Waals surface area contributed by atoms with Crippen LogP contribution in [0.2, 0.25) is 0 Å². The van der Waals surface area contributed by atoms with E-state index in [0.29, 0.717) is 18.6 Å². The van der Waals surface area contributed by atoms with Crippen LogP contribution in [0.5, 0.6) is 0 Å². The normalized spacial score (nSPS) is 18.0. The molecule has 1 aliphatic carbocycles. The van der Waals surface area contributed by atoms with E-state index in [2.05, 4.69) is 14.5 Å². The van der Waals surface area contributed by atoms with Gasteiger partial charge in [-0.1, -0.05) is 4.40 Å². The van der Waals surface area contributed by atoms with Gasteiger partial charge in [-0.3, -0.25) is 4.98 Å². The van der Waals surface area contributed by atoms with E-state index in [0.717, 1.165) is 29.9 Å². The molecule has 0 radical (unpaired) electrons. The molecule has 2 aromatic rings. The van der Waals surface area contributed by atoms with E-state index in [-0.39, 0.29) is 5.69 Å². The molecule has 5 nitrogen and oxygen atoms in total. The molecule has 0 aliphatic heterocycles. The predicted octanol–water partition coefficient (Wildman–Crippen LogP) is 3.87. The van der Waals surface area contributed by atoms with Crippen molar-refractivity contribution >= 4 is 17.1 Å². The van der Waals surface area contributed by atoms with E-state index in [4.69, 9.17) is 0 Å². The van der Waals surface area contributed by atoms with Gasteiger partial charge in [-0.05, 0) is 52.2 Å². The number of rotatable bonds is 2. The van der Waals surface area contributed by atoms with Crippen LogP contribution in [0.1, 0.15) is 50.6 Å². The number of pyridine rings is 1. The first-order valence-electron chi connectivity index (χ1n) is 8.18. The lowest BCUT2D eigenvalue weighted by Gasteiger charge is -2.20. The van der Waals surface area contributed by atoms with Crippen LogP contribution in [0.15, 0.2) is 28.9 Å². The zero-order valence-corrected chi connectivity index (χ0v) is 15.5. The van der Waals surface area contributed by atoms with Crippen molar-refractivity contribution in [2.45, 2.75) is 51.0 Å². The average molecular weight is 384 g/mol. The summed E-state index contributed by atoms with van der Waals surface area (Å²) in [6.07, 6.45) is 0.448. The highest BCUT2D eigenvalue weighted by Crippen LogP contribution is 2.29. The van der Waals surface area contributed by atoms with E-state index in [1.54, 1.807) is 6.20 Å². The molecule has 0 saturated carbocycles. The molecule has 0 aromatic carbocycles. The maximum Gasteiger partial charge on any atom is 0.433 e. The SMILES string of the molecule is CC(C)(C)[S+]([O-])N=C1CCCc2nn(-c3ccnc(C(F)(F)F)c3)cc21. The Morgan fingerprint density at radius 2 is 1.96 bits per heavy atom. The zero-order chi connectivity index (χ0) is 19.1. The highest BCUT2D eigenvalue weighted by molar-refractivity contribution is 7.91. The Morgan fingerprint density at radius 1 is 1.23 bits per heavy atom. The fourth-order valence-electron chi connectivity index (χ4n) is 2.57. The third kappa shape index (κ3) is 3.93. The maximum absolute atomic E-state index is 12.9. The molecule has 9 heteroatoms. The van der Waals surface area contributed by atoms with Crippen LogP contribution in [-0.2, 0) is 24.0 Å². The standard InChI is InChI=1S/C17H19F3N4OS/c1-16(2,3)26(25)23-14-6-4-5-13-12(14)10-24(22-13)11-7-8-21-15(9-11)17(18,19)20/h7-10H,4-6H2,1-3H3. The lowest BCUT2D eigenvalue weighted by atomic mass is 9.96. The highest BCUT2D eigenvalue weighted by atomic mass is 32.2. The quantitative estimate of drug-likeness (QED) is 0.738. The first-order chi connectivity index (χ1) is 12.1. The Kier molecular flexibility index (Phi) is 4.87. The lowest BCUT2D eigenvalue weighted by Crippen LogP contribution is -2.27. The minimum absolute atomic E-state index is 0.276. The average Bonchev–Trinajstić information content (AvgIpc) is 2.98. The third-order valence-electron chi connectivity index (χ3n) is 3.94. The molecule has 0 N–H and O–H groups in total. The van der Waals surface area contributed by atoms with Gasteiger partial charge < -0.3 is 4.55 Å². The Balaban J connectivity index is 1.99. The Labute approximate surface area is 152 Å². The molecular formula is C17H19F3N4OS. The summed E-state index contributed by atoms with van der Waals surface area (Å²) in [7, 11) is 0. The smallest absolute Gasteiger partial charge is 0.433 e. The Bertz CT molecular complexity index is 839. The number of alkyl halides is 3. The van der Waals surface area contributed by atoms with E-state index in [1.807, 2.05) is 20.8 Å². The van der Waals surface area contributed by atoms with Crippen molar-refractivity contribution < 1.29 is 17.7 Å². The van der Waals surface area contributed by atoms with Crippen LogP contribution in [0.25, 0.3) is 5.69 Å². The van der Waals surface area contributed by atoms with Crippen molar-refractivity contribution in [1.82, 2.24) is 14.8 Å². The Hall–Kier alpha value is -1.87. The van der Waals surface area contributed by atoms with Crippen LogP contribution in [0, 0.1) is 0 Å². The van der Waals surface area contributed by atoms with Gasteiger partial charge in [-0.15, -0.1) is 0 Å². The van der Waals surface area contributed by atoms with Crippen LogP contribution >= 0.6 is 0 Å². The fourth-order valence-corrected chi connectivity index (χ4v) is 3.24. The number of halogens is 3. The summed E-state index contributed by atoms with van der Waals surface area (Å²) in [4.78, 5) is 3.37. The summed E-state index contributed by atoms with van der Waals surface area (Å²) in [5.74, 6) is 0. The van der Waals surface area contributed by atoms with Gasteiger partial charge in [0.2, 0.25) is 0 Å². The van der Waals surface area contributed by atoms with Gasteiger partial charge in [0.25, 0.3) is 0 Å². The lowest BCUT2D eigenvalue weighted by molar-refractivity contribution is -0.141. The molecule has 0 saturated heterocycles. The van der Waals surface area contributed by atoms with Crippen molar-refractivity contribution in [1.29, 1.82) is 0 Å². The molecule has 1 unspecified atom stereocenters. The molecule has 3 rings (SSSR count). The number of hydrogen-bond donors (Lipinski definition) is 0. The summed E-state index contributed by atoms with van der Waals surface area (Å²) in [5, 5.41) is 4.41. The second-order valence-corrected chi connectivity index (χ2v) is 8.99. The topological polar surface area (TPSA) is 66.1 Å². The molecule has 2 heterocycles. The molecule has 0 fully saturated rings. The molecule has 2 aromatic heterocycles. The van der Waals surface area contributed by atoms with Gasteiger partial charge in [0.1, 0.15) is 27.5 Å². The van der Waals surface area contributed by atoms with Crippen molar-refractivity contribution in [3.05, 3.63) is 41.5 Å². The molecular weight excluding hydrogens is 365 g/mol. The summed E-state index contributed by atoms with van der Waals surface area (Å²) in [6.45, 7) is 5.53. The fraction of sp³-hybridized carbons (Fsp3) is 0.471. The van der Waals surface area contributed by atoms with E-state index >= 15 is 0 Å². The molecule has 1 atom stereocenters. The van der Waals surface area contributed by atoms with Gasteiger partial charge >= 0.3 is 6.18 Å². The number of fused-ring (bicyclic) bond motifs is 1. The second-order valence-electron chi connectivity index (χ2n) is 7.08. The minimum atomic E-state index is -4.51. The van der Waals surface area contributed by atoms with Gasteiger partial charge in [0.15, 0.2) is 0 Å². The molecule has 140 valence electrons. The minimum Gasteiger partial charge on any atom is -0.591 e. The van der Waals surface area contributed by atoms with Gasteiger partial charge in [0, 0.05) is 18.0 Å². The van der Waals surface area contributed by atoms with Gasteiger partial charge in [-0.2, -0.15) is 18.3 Å². The summed E-state index contributed by atoms with van der Waals surface area (Å²) < 4.78 is 56.3. The van der Waals surface area contributed by atoms with Gasteiger partial charge in [0.05, 0.1) is 11.4 Å². The van der Waals surface area contributed by atoms with Crippen LogP contribution in [0.4, 0.5) is 13.2 Å². The highest BCUT2D eigenvalue weighted by Gasteiger charge is 2.33. The monoisotopic (exact) mass is 384 g/mol. The van der Waals surface area contributed by atoms with Crippen LogP contribution in [-0.4, -0.2) is 29.8 Å². The van der Waals surface area contributed by atoms with E-state index in [9.17, 15) is 17.7 Å². The Morgan fingerprint density at radius 3 is 2.62 bits per heavy atom. The second kappa shape index (κ2) is 6.70. The van der Waals surface area contributed by atoms with Crippen LogP contribution < -0.4 is 0 Å². The molecule has 1 aliphatic rings. The number of aromatic nitrogens is 3. The first kappa shape index (κ1) is 18.9. The molecule has 0 amide bonds.